The van der Waals surface area contributed by atoms with E-state index in [1.54, 1.807) is 17.8 Å². The van der Waals surface area contributed by atoms with E-state index >= 15 is 0 Å². The quantitative estimate of drug-likeness (QED) is 0.312. The second kappa shape index (κ2) is 11.5. The number of alkyl halides is 3. The van der Waals surface area contributed by atoms with Gasteiger partial charge >= 0.3 is 6.18 Å². The van der Waals surface area contributed by atoms with Crippen LogP contribution in [0.2, 0.25) is 0 Å². The number of hydrogen-bond donors (Lipinski definition) is 0. The molecule has 4 aromatic rings. The number of benzene rings is 1. The SMILES string of the molecule is Cc1cc(C)n(-c2nc3c(c(=O)n2-c2ccc(N4CCOCC4)nc2)C[C@@H](C)N(C(=O)c2ccc(Br)c(C(F)(F)F)c2)C3)n1. The Balaban J connectivity index is 1.42. The number of ether oxygens (including phenoxy) is 1. The van der Waals surface area contributed by atoms with Crippen LogP contribution in [-0.4, -0.2) is 67.5 Å². The average Bonchev–Trinajstić information content (AvgIpc) is 3.34. The predicted molar refractivity (Wildman–Crippen MR) is 159 cm³/mol. The van der Waals surface area contributed by atoms with E-state index in [9.17, 15) is 22.8 Å². The third-order valence-corrected chi connectivity index (χ3v) is 8.59. The molecule has 6 rings (SSSR count). The highest BCUT2D eigenvalue weighted by Gasteiger charge is 2.36. The highest BCUT2D eigenvalue weighted by Crippen LogP contribution is 2.36. The van der Waals surface area contributed by atoms with Crippen molar-refractivity contribution < 1.29 is 22.7 Å². The lowest BCUT2D eigenvalue weighted by Gasteiger charge is -2.34. The molecule has 0 bridgehead atoms. The maximum absolute atomic E-state index is 14.2. The van der Waals surface area contributed by atoms with Crippen LogP contribution < -0.4 is 10.5 Å². The van der Waals surface area contributed by atoms with Crippen molar-refractivity contribution in [3.05, 3.63) is 91.2 Å². The number of halogens is 4. The van der Waals surface area contributed by atoms with Gasteiger partial charge in [-0.2, -0.15) is 18.3 Å². The third-order valence-electron chi connectivity index (χ3n) is 7.90. The van der Waals surface area contributed by atoms with Crippen LogP contribution in [0.1, 0.15) is 45.5 Å². The first-order valence-electron chi connectivity index (χ1n) is 14.1. The topological polar surface area (TPSA) is 98.4 Å². The van der Waals surface area contributed by atoms with Gasteiger partial charge in [0.05, 0.1) is 48.6 Å². The van der Waals surface area contributed by atoms with Crippen LogP contribution in [0.5, 0.6) is 0 Å². The van der Waals surface area contributed by atoms with Gasteiger partial charge in [0.1, 0.15) is 5.82 Å². The van der Waals surface area contributed by atoms with Crippen molar-refractivity contribution in [2.45, 2.75) is 46.0 Å². The van der Waals surface area contributed by atoms with Gasteiger partial charge in [0.2, 0.25) is 5.95 Å². The molecule has 0 radical (unpaired) electrons. The Hall–Kier alpha value is -4.04. The highest BCUT2D eigenvalue weighted by molar-refractivity contribution is 9.10. The Bertz CT molecular complexity index is 1800. The van der Waals surface area contributed by atoms with E-state index in [1.807, 2.05) is 32.0 Å². The number of nitrogens with zero attached hydrogens (tertiary/aromatic N) is 7. The fraction of sp³-hybridized carbons (Fsp3) is 0.367. The zero-order chi connectivity index (χ0) is 31.3. The summed E-state index contributed by atoms with van der Waals surface area (Å²) in [4.78, 5) is 40.8. The molecule has 1 saturated heterocycles. The van der Waals surface area contributed by atoms with Crippen molar-refractivity contribution in [2.24, 2.45) is 0 Å². The van der Waals surface area contributed by atoms with Gasteiger partial charge in [0.15, 0.2) is 0 Å². The van der Waals surface area contributed by atoms with E-state index in [1.165, 1.54) is 21.6 Å². The summed E-state index contributed by atoms with van der Waals surface area (Å²) >= 11 is 2.93. The molecular formula is C30H29BrF3N7O3. The van der Waals surface area contributed by atoms with Crippen LogP contribution in [0.3, 0.4) is 0 Å². The maximum atomic E-state index is 14.2. The minimum atomic E-state index is -4.63. The second-order valence-corrected chi connectivity index (χ2v) is 11.8. The smallest absolute Gasteiger partial charge is 0.378 e. The second-order valence-electron chi connectivity index (χ2n) is 11.0. The van der Waals surface area contributed by atoms with Gasteiger partial charge < -0.3 is 14.5 Å². The number of hydrogen-bond acceptors (Lipinski definition) is 7. The van der Waals surface area contributed by atoms with Gasteiger partial charge in [-0.3, -0.25) is 9.59 Å². The number of amides is 1. The van der Waals surface area contributed by atoms with E-state index < -0.39 is 23.7 Å². The average molecular weight is 673 g/mol. The minimum Gasteiger partial charge on any atom is -0.378 e. The molecular weight excluding hydrogens is 643 g/mol. The van der Waals surface area contributed by atoms with E-state index in [0.717, 1.165) is 23.3 Å². The molecule has 1 atom stereocenters. The van der Waals surface area contributed by atoms with E-state index in [0.29, 0.717) is 43.2 Å². The minimum absolute atomic E-state index is 0.0522. The molecule has 5 heterocycles. The molecule has 1 fully saturated rings. The Morgan fingerprint density at radius 3 is 2.48 bits per heavy atom. The standard InChI is InChI=1S/C30H29BrF3N7O3/c1-17-12-19(3)41(37-17)29-36-25-16-39(27(42)20-4-6-24(31)23(14-20)30(32,33)34)18(2)13-22(25)28(43)40(29)21-5-7-26(35-15-21)38-8-10-44-11-9-38/h4-7,12,14-15,18H,8-11,13,16H2,1-3H3/t18-/m1/s1. The molecule has 3 aromatic heterocycles. The number of morpholine rings is 1. The number of anilines is 1. The van der Waals surface area contributed by atoms with Crippen LogP contribution in [0.25, 0.3) is 11.6 Å². The molecule has 0 unspecified atom stereocenters. The van der Waals surface area contributed by atoms with Crippen molar-refractivity contribution in [3.63, 3.8) is 0 Å². The van der Waals surface area contributed by atoms with E-state index in [-0.39, 0.29) is 34.5 Å². The normalized spacial score (nSPS) is 17.1. The number of rotatable bonds is 4. The molecule has 1 aromatic carbocycles. The van der Waals surface area contributed by atoms with Crippen molar-refractivity contribution >= 4 is 27.7 Å². The van der Waals surface area contributed by atoms with Gasteiger partial charge in [-0.1, -0.05) is 15.9 Å². The fourth-order valence-electron chi connectivity index (χ4n) is 5.66. The summed E-state index contributed by atoms with van der Waals surface area (Å²) in [6.07, 6.45) is -2.83. The summed E-state index contributed by atoms with van der Waals surface area (Å²) in [6.45, 7) is 8.05. The molecule has 0 spiro atoms. The van der Waals surface area contributed by atoms with Crippen molar-refractivity contribution in [3.8, 4) is 11.6 Å². The van der Waals surface area contributed by atoms with Gasteiger partial charge in [-0.05, 0) is 63.6 Å². The molecule has 230 valence electrons. The lowest BCUT2D eigenvalue weighted by Crippen LogP contribution is -2.46. The monoisotopic (exact) mass is 671 g/mol. The molecule has 2 aliphatic rings. The Kier molecular flexibility index (Phi) is 7.82. The Morgan fingerprint density at radius 2 is 1.84 bits per heavy atom. The van der Waals surface area contributed by atoms with Crippen LogP contribution >= 0.6 is 15.9 Å². The number of fused-ring (bicyclic) bond motifs is 1. The molecule has 14 heteroatoms. The summed E-state index contributed by atoms with van der Waals surface area (Å²) in [5.74, 6) is 0.418. The lowest BCUT2D eigenvalue weighted by atomic mass is 9.98. The van der Waals surface area contributed by atoms with E-state index in [2.05, 4.69) is 30.9 Å². The molecule has 44 heavy (non-hydrogen) atoms. The van der Waals surface area contributed by atoms with Gasteiger partial charge in [0, 0.05) is 40.4 Å². The Morgan fingerprint density at radius 1 is 1.09 bits per heavy atom. The number of carbonyl (C=O) groups excluding carboxylic acids is 1. The number of carbonyl (C=O) groups is 1. The molecule has 2 aliphatic heterocycles. The van der Waals surface area contributed by atoms with Crippen molar-refractivity contribution in [1.82, 2.24) is 29.2 Å². The van der Waals surface area contributed by atoms with Crippen molar-refractivity contribution in [1.29, 1.82) is 0 Å². The van der Waals surface area contributed by atoms with Crippen molar-refractivity contribution in [2.75, 3.05) is 31.2 Å². The molecule has 0 aliphatic carbocycles. The lowest BCUT2D eigenvalue weighted by molar-refractivity contribution is -0.138. The summed E-state index contributed by atoms with van der Waals surface area (Å²) in [5, 5.41) is 4.57. The van der Waals surface area contributed by atoms with E-state index in [4.69, 9.17) is 9.72 Å². The summed E-state index contributed by atoms with van der Waals surface area (Å²) in [7, 11) is 0. The van der Waals surface area contributed by atoms with Crippen LogP contribution in [0.4, 0.5) is 19.0 Å². The maximum Gasteiger partial charge on any atom is 0.417 e. The number of aryl methyl sites for hydroxylation is 2. The molecule has 1 amide bonds. The first-order chi connectivity index (χ1) is 20.9. The molecule has 0 N–H and O–H groups in total. The fourth-order valence-corrected chi connectivity index (χ4v) is 6.13. The number of aromatic nitrogens is 5. The van der Waals surface area contributed by atoms with Crippen LogP contribution in [-0.2, 0) is 23.9 Å². The molecule has 0 saturated carbocycles. The van der Waals surface area contributed by atoms with Gasteiger partial charge in [-0.15, -0.1) is 0 Å². The zero-order valence-electron chi connectivity index (χ0n) is 24.2. The largest absolute Gasteiger partial charge is 0.417 e. The first-order valence-corrected chi connectivity index (χ1v) is 14.9. The summed E-state index contributed by atoms with van der Waals surface area (Å²) in [6, 6.07) is 8.47. The van der Waals surface area contributed by atoms with Gasteiger partial charge in [0.25, 0.3) is 11.5 Å². The highest BCUT2D eigenvalue weighted by atomic mass is 79.9. The third kappa shape index (κ3) is 5.52. The summed E-state index contributed by atoms with van der Waals surface area (Å²) in [5.41, 5.74) is 1.41. The summed E-state index contributed by atoms with van der Waals surface area (Å²) < 4.78 is 49.0. The zero-order valence-corrected chi connectivity index (χ0v) is 25.8. The van der Waals surface area contributed by atoms with Crippen LogP contribution in [0, 0.1) is 13.8 Å². The predicted octanol–water partition coefficient (Wildman–Crippen LogP) is 4.63. The van der Waals surface area contributed by atoms with Crippen LogP contribution in [0.15, 0.2) is 51.9 Å². The van der Waals surface area contributed by atoms with Gasteiger partial charge in [-0.25, -0.2) is 19.2 Å². The first kappa shape index (κ1) is 30.0. The number of pyridine rings is 1. The molecule has 10 nitrogen and oxygen atoms in total. The Labute approximate surface area is 259 Å².